The molecule has 0 amide bonds. The summed E-state index contributed by atoms with van der Waals surface area (Å²) in [4.78, 5) is 11.6. The monoisotopic (exact) mass is 279 g/mol. The Balaban J connectivity index is 2.40. The van der Waals surface area contributed by atoms with Gasteiger partial charge >= 0.3 is 5.97 Å². The molecule has 4 nitrogen and oxygen atoms in total. The van der Waals surface area contributed by atoms with Gasteiger partial charge in [-0.15, -0.1) is 0 Å². The van der Waals surface area contributed by atoms with Gasteiger partial charge in [-0.05, 0) is 30.3 Å². The second-order valence-corrected chi connectivity index (χ2v) is 3.92. The molecule has 0 spiro atoms. The van der Waals surface area contributed by atoms with E-state index in [1.807, 2.05) is 0 Å². The van der Waals surface area contributed by atoms with Crippen molar-refractivity contribution < 1.29 is 23.0 Å². The summed E-state index contributed by atoms with van der Waals surface area (Å²) in [5.41, 5.74) is 5.96. The average molecular weight is 279 g/mol. The third kappa shape index (κ3) is 2.85. The normalized spacial score (nSPS) is 10.2. The van der Waals surface area contributed by atoms with E-state index in [0.29, 0.717) is 11.8 Å². The molecule has 2 aromatic rings. The third-order valence-corrected chi connectivity index (χ3v) is 2.52. The molecule has 0 atom stereocenters. The molecule has 0 fully saturated rings. The lowest BCUT2D eigenvalue weighted by Gasteiger charge is -2.11. The summed E-state index contributed by atoms with van der Waals surface area (Å²) in [6.45, 7) is 0. The first-order valence-electron chi connectivity index (χ1n) is 5.62. The second-order valence-electron chi connectivity index (χ2n) is 3.92. The van der Waals surface area contributed by atoms with Gasteiger partial charge in [0.1, 0.15) is 17.1 Å². The third-order valence-electron chi connectivity index (χ3n) is 2.52. The Morgan fingerprint density at radius 2 is 1.80 bits per heavy atom. The van der Waals surface area contributed by atoms with Crippen molar-refractivity contribution in [3.05, 3.63) is 53.6 Å². The van der Waals surface area contributed by atoms with Crippen LogP contribution in [0.15, 0.2) is 36.4 Å². The zero-order valence-electron chi connectivity index (χ0n) is 10.5. The predicted molar refractivity (Wildman–Crippen MR) is 68.6 cm³/mol. The van der Waals surface area contributed by atoms with Gasteiger partial charge in [-0.1, -0.05) is 0 Å². The van der Waals surface area contributed by atoms with E-state index in [9.17, 15) is 13.6 Å². The number of rotatable bonds is 3. The Morgan fingerprint density at radius 3 is 2.45 bits per heavy atom. The van der Waals surface area contributed by atoms with Crippen molar-refractivity contribution in [1.82, 2.24) is 0 Å². The number of carbonyl (C=O) groups excluding carboxylic acids is 1. The highest BCUT2D eigenvalue weighted by atomic mass is 19.1. The van der Waals surface area contributed by atoms with Crippen molar-refractivity contribution in [3.63, 3.8) is 0 Å². The first kappa shape index (κ1) is 13.8. The second kappa shape index (κ2) is 5.56. The first-order valence-corrected chi connectivity index (χ1v) is 5.62. The standard InChI is InChI=1S/C14H11F2NO3/c1-19-14(18)10-7-9(17)3-5-12(10)20-13-4-2-8(15)6-11(13)16/h2-7H,17H2,1H3. The topological polar surface area (TPSA) is 61.5 Å². The highest BCUT2D eigenvalue weighted by molar-refractivity contribution is 5.93. The van der Waals surface area contributed by atoms with Gasteiger partial charge in [-0.25, -0.2) is 13.6 Å². The van der Waals surface area contributed by atoms with Crippen LogP contribution in [0.3, 0.4) is 0 Å². The summed E-state index contributed by atoms with van der Waals surface area (Å²) in [7, 11) is 1.20. The molecule has 0 aliphatic heterocycles. The van der Waals surface area contributed by atoms with Crippen molar-refractivity contribution in [1.29, 1.82) is 0 Å². The summed E-state index contributed by atoms with van der Waals surface area (Å²) in [6, 6.07) is 7.11. The molecule has 0 heterocycles. The number of ether oxygens (including phenoxy) is 2. The van der Waals surface area contributed by atoms with Crippen LogP contribution >= 0.6 is 0 Å². The summed E-state index contributed by atoms with van der Waals surface area (Å²) >= 11 is 0. The van der Waals surface area contributed by atoms with Gasteiger partial charge in [0.15, 0.2) is 11.6 Å². The van der Waals surface area contributed by atoms with E-state index in [1.165, 1.54) is 25.3 Å². The molecule has 0 aliphatic rings. The first-order chi connectivity index (χ1) is 9.51. The molecular formula is C14H11F2NO3. The maximum atomic E-state index is 13.5. The van der Waals surface area contributed by atoms with Crippen molar-refractivity contribution in [2.45, 2.75) is 0 Å². The molecule has 0 aromatic heterocycles. The molecule has 2 rings (SSSR count). The van der Waals surface area contributed by atoms with Crippen LogP contribution in [0.5, 0.6) is 11.5 Å². The number of nitrogens with two attached hydrogens (primary N) is 1. The largest absolute Gasteiger partial charge is 0.465 e. The molecular weight excluding hydrogens is 268 g/mol. The lowest BCUT2D eigenvalue weighted by atomic mass is 10.2. The molecule has 0 saturated carbocycles. The minimum absolute atomic E-state index is 0.0521. The molecule has 2 aromatic carbocycles. The fourth-order valence-electron chi connectivity index (χ4n) is 1.58. The maximum Gasteiger partial charge on any atom is 0.341 e. The highest BCUT2D eigenvalue weighted by Crippen LogP contribution is 2.29. The van der Waals surface area contributed by atoms with Gasteiger partial charge in [-0.3, -0.25) is 0 Å². The molecule has 0 aliphatic carbocycles. The lowest BCUT2D eigenvalue weighted by molar-refractivity contribution is 0.0598. The molecule has 0 saturated heterocycles. The van der Waals surface area contributed by atoms with Gasteiger partial charge in [0.2, 0.25) is 0 Å². The van der Waals surface area contributed by atoms with E-state index in [4.69, 9.17) is 10.5 Å². The fourth-order valence-corrected chi connectivity index (χ4v) is 1.58. The van der Waals surface area contributed by atoms with Crippen LogP contribution in [-0.4, -0.2) is 13.1 Å². The summed E-state index contributed by atoms with van der Waals surface area (Å²) in [6.07, 6.45) is 0. The molecule has 104 valence electrons. The number of methoxy groups -OCH3 is 1. The SMILES string of the molecule is COC(=O)c1cc(N)ccc1Oc1ccc(F)cc1F. The van der Waals surface area contributed by atoms with Crippen molar-refractivity contribution in [3.8, 4) is 11.5 Å². The highest BCUT2D eigenvalue weighted by Gasteiger charge is 2.16. The minimum Gasteiger partial charge on any atom is -0.465 e. The quantitative estimate of drug-likeness (QED) is 0.692. The van der Waals surface area contributed by atoms with E-state index >= 15 is 0 Å². The van der Waals surface area contributed by atoms with Crippen molar-refractivity contribution in [2.24, 2.45) is 0 Å². The Kier molecular flexibility index (Phi) is 3.84. The van der Waals surface area contributed by atoms with Crippen molar-refractivity contribution >= 4 is 11.7 Å². The number of carbonyl (C=O) groups is 1. The van der Waals surface area contributed by atoms with E-state index in [0.717, 1.165) is 12.1 Å². The van der Waals surface area contributed by atoms with Gasteiger partial charge < -0.3 is 15.2 Å². The van der Waals surface area contributed by atoms with Crippen LogP contribution in [0, 0.1) is 11.6 Å². The van der Waals surface area contributed by atoms with E-state index < -0.39 is 17.6 Å². The van der Waals surface area contributed by atoms with E-state index in [-0.39, 0.29) is 17.1 Å². The molecule has 0 radical (unpaired) electrons. The number of hydrogen-bond acceptors (Lipinski definition) is 4. The fraction of sp³-hybridized carbons (Fsp3) is 0.0714. The Morgan fingerprint density at radius 1 is 1.10 bits per heavy atom. The number of halogens is 2. The molecule has 0 bridgehead atoms. The average Bonchev–Trinajstić information content (AvgIpc) is 2.42. The van der Waals surface area contributed by atoms with Crippen molar-refractivity contribution in [2.75, 3.05) is 12.8 Å². The number of esters is 1. The van der Waals surface area contributed by atoms with Crippen LogP contribution in [0.2, 0.25) is 0 Å². The van der Waals surface area contributed by atoms with Crippen LogP contribution in [0.25, 0.3) is 0 Å². The Hall–Kier alpha value is -2.63. The maximum absolute atomic E-state index is 13.5. The van der Waals surface area contributed by atoms with Gasteiger partial charge in [0, 0.05) is 11.8 Å². The van der Waals surface area contributed by atoms with E-state index in [1.54, 1.807) is 0 Å². The molecule has 0 unspecified atom stereocenters. The summed E-state index contributed by atoms with van der Waals surface area (Å²) in [5, 5.41) is 0. The van der Waals surface area contributed by atoms with Crippen LogP contribution < -0.4 is 10.5 Å². The summed E-state index contributed by atoms with van der Waals surface area (Å²) < 4.78 is 36.2. The lowest BCUT2D eigenvalue weighted by Crippen LogP contribution is -2.05. The zero-order chi connectivity index (χ0) is 14.7. The smallest absolute Gasteiger partial charge is 0.341 e. The predicted octanol–water partition coefficient (Wildman–Crippen LogP) is 3.13. The Bertz CT molecular complexity index is 659. The van der Waals surface area contributed by atoms with Crippen LogP contribution in [0.1, 0.15) is 10.4 Å². The number of anilines is 1. The number of hydrogen-bond donors (Lipinski definition) is 1. The number of benzene rings is 2. The minimum atomic E-state index is -0.877. The van der Waals surface area contributed by atoms with E-state index in [2.05, 4.69) is 4.74 Å². The molecule has 20 heavy (non-hydrogen) atoms. The molecule has 2 N–H and O–H groups in total. The van der Waals surface area contributed by atoms with Gasteiger partial charge in [0.05, 0.1) is 7.11 Å². The van der Waals surface area contributed by atoms with Crippen LogP contribution in [0.4, 0.5) is 14.5 Å². The molecule has 6 heteroatoms. The van der Waals surface area contributed by atoms with Gasteiger partial charge in [-0.2, -0.15) is 0 Å². The summed E-state index contributed by atoms with van der Waals surface area (Å²) in [5.74, 6) is -2.41. The zero-order valence-corrected chi connectivity index (χ0v) is 10.5. The van der Waals surface area contributed by atoms with Gasteiger partial charge in [0.25, 0.3) is 0 Å². The van der Waals surface area contributed by atoms with Crippen LogP contribution in [-0.2, 0) is 4.74 Å². The number of nitrogen functional groups attached to an aromatic ring is 1. The Labute approximate surface area is 113 Å².